The van der Waals surface area contributed by atoms with E-state index in [9.17, 15) is 9.59 Å². The number of hydrogen-bond acceptors (Lipinski definition) is 4. The molecular weight excluding hydrogens is 424 g/mol. The number of para-hydroxylation sites is 1. The van der Waals surface area contributed by atoms with Crippen molar-refractivity contribution in [3.05, 3.63) is 70.1 Å². The van der Waals surface area contributed by atoms with Crippen molar-refractivity contribution in [3.8, 4) is 0 Å². The predicted molar refractivity (Wildman–Crippen MR) is 130 cm³/mol. The zero-order valence-electron chi connectivity index (χ0n) is 18.1. The van der Waals surface area contributed by atoms with Crippen LogP contribution in [0.25, 0.3) is 5.57 Å². The van der Waals surface area contributed by atoms with Crippen LogP contribution in [0.3, 0.4) is 0 Å². The first-order chi connectivity index (χ1) is 14.7. The van der Waals surface area contributed by atoms with Gasteiger partial charge in [0, 0.05) is 23.1 Å². The Hall–Kier alpha value is -2.44. The smallest absolute Gasteiger partial charge is 0.266 e. The van der Waals surface area contributed by atoms with Crippen molar-refractivity contribution < 1.29 is 9.59 Å². The van der Waals surface area contributed by atoms with E-state index in [4.69, 9.17) is 12.2 Å². The number of thioether (sulfide) groups is 1. The molecule has 0 aromatic heterocycles. The van der Waals surface area contributed by atoms with Crippen LogP contribution < -0.4 is 4.90 Å². The van der Waals surface area contributed by atoms with Gasteiger partial charge < -0.3 is 4.90 Å². The Morgan fingerprint density at radius 2 is 1.71 bits per heavy atom. The van der Waals surface area contributed by atoms with E-state index in [0.717, 1.165) is 23.2 Å². The first-order valence-electron chi connectivity index (χ1n) is 10.5. The standard InChI is InChI=1S/C25H24N2O2S2/c1-5-26-22(29)20(31-23(26)30)18-16-12-9-13-17-19(16)27(21(18)28)24(2,3)14-25(17,4)15-10-7-6-8-11-15/h6-13H,5,14H2,1-4H3/b20-18-. The molecule has 1 unspecified atom stereocenters. The molecule has 0 spiro atoms. The van der Waals surface area contributed by atoms with Crippen molar-refractivity contribution in [3.63, 3.8) is 0 Å². The summed E-state index contributed by atoms with van der Waals surface area (Å²) < 4.78 is 0.516. The lowest BCUT2D eigenvalue weighted by Gasteiger charge is -2.49. The molecule has 3 heterocycles. The molecule has 0 saturated carbocycles. The second kappa shape index (κ2) is 6.78. The van der Waals surface area contributed by atoms with Crippen molar-refractivity contribution in [1.82, 2.24) is 4.90 Å². The average Bonchev–Trinajstić information content (AvgIpc) is 3.19. The third kappa shape index (κ3) is 2.71. The topological polar surface area (TPSA) is 40.6 Å². The van der Waals surface area contributed by atoms with Crippen molar-refractivity contribution in [1.29, 1.82) is 0 Å². The molecule has 3 aliphatic heterocycles. The van der Waals surface area contributed by atoms with Gasteiger partial charge in [0.1, 0.15) is 4.32 Å². The summed E-state index contributed by atoms with van der Waals surface area (Å²) >= 11 is 6.66. The summed E-state index contributed by atoms with van der Waals surface area (Å²) in [7, 11) is 0. The number of carbonyl (C=O) groups is 2. The SMILES string of the molecule is CCN1C(=O)/C(=C2/C(=O)N3c4c2cccc4C(C)(c2ccccc2)CC3(C)C)SC1=S. The highest BCUT2D eigenvalue weighted by molar-refractivity contribution is 8.26. The van der Waals surface area contributed by atoms with Crippen molar-refractivity contribution in [2.24, 2.45) is 0 Å². The highest BCUT2D eigenvalue weighted by Crippen LogP contribution is 2.57. The predicted octanol–water partition coefficient (Wildman–Crippen LogP) is 5.11. The summed E-state index contributed by atoms with van der Waals surface area (Å²) in [4.78, 5) is 30.8. The van der Waals surface area contributed by atoms with Gasteiger partial charge in [0.2, 0.25) is 0 Å². The maximum Gasteiger partial charge on any atom is 0.266 e. The largest absolute Gasteiger partial charge is 0.302 e. The second-order valence-electron chi connectivity index (χ2n) is 9.15. The molecule has 2 aromatic rings. The van der Waals surface area contributed by atoms with Gasteiger partial charge in [-0.05, 0) is 38.3 Å². The van der Waals surface area contributed by atoms with Crippen LogP contribution >= 0.6 is 24.0 Å². The van der Waals surface area contributed by atoms with Gasteiger partial charge in [0.25, 0.3) is 11.8 Å². The van der Waals surface area contributed by atoms with E-state index in [-0.39, 0.29) is 17.2 Å². The molecule has 1 atom stereocenters. The summed E-state index contributed by atoms with van der Waals surface area (Å²) in [5.41, 5.74) is 3.98. The number of rotatable bonds is 2. The molecule has 0 radical (unpaired) electrons. The Morgan fingerprint density at radius 1 is 1.00 bits per heavy atom. The summed E-state index contributed by atoms with van der Waals surface area (Å²) in [6.45, 7) is 8.90. The van der Waals surface area contributed by atoms with E-state index in [1.165, 1.54) is 17.3 Å². The van der Waals surface area contributed by atoms with Gasteiger partial charge in [0.05, 0.1) is 16.2 Å². The summed E-state index contributed by atoms with van der Waals surface area (Å²) in [6, 6.07) is 16.6. The number of likely N-dealkylation sites (N-methyl/N-ethyl adjacent to an activating group) is 1. The normalized spacial score (nSPS) is 26.6. The van der Waals surface area contributed by atoms with Crippen LogP contribution in [0.1, 0.15) is 50.8 Å². The van der Waals surface area contributed by atoms with Crippen LogP contribution in [-0.2, 0) is 15.0 Å². The highest BCUT2D eigenvalue weighted by Gasteiger charge is 2.54. The molecule has 1 saturated heterocycles. The van der Waals surface area contributed by atoms with E-state index in [0.29, 0.717) is 21.3 Å². The highest BCUT2D eigenvalue weighted by atomic mass is 32.2. The van der Waals surface area contributed by atoms with E-state index >= 15 is 0 Å². The van der Waals surface area contributed by atoms with Crippen molar-refractivity contribution >= 4 is 51.4 Å². The lowest BCUT2D eigenvalue weighted by Crippen LogP contribution is -2.54. The van der Waals surface area contributed by atoms with E-state index in [1.54, 1.807) is 4.90 Å². The monoisotopic (exact) mass is 448 g/mol. The Morgan fingerprint density at radius 3 is 2.35 bits per heavy atom. The van der Waals surface area contributed by atoms with Gasteiger partial charge in [-0.25, -0.2) is 0 Å². The molecule has 158 valence electrons. The molecule has 31 heavy (non-hydrogen) atoms. The van der Waals surface area contributed by atoms with Crippen LogP contribution in [0.5, 0.6) is 0 Å². The molecule has 3 aliphatic rings. The zero-order valence-corrected chi connectivity index (χ0v) is 19.7. The van der Waals surface area contributed by atoms with Gasteiger partial charge >= 0.3 is 0 Å². The van der Waals surface area contributed by atoms with Crippen LogP contribution in [0, 0.1) is 0 Å². The summed E-state index contributed by atoms with van der Waals surface area (Å²) in [5.74, 6) is -0.263. The fourth-order valence-corrected chi connectivity index (χ4v) is 6.94. The van der Waals surface area contributed by atoms with E-state index in [1.807, 2.05) is 30.0 Å². The van der Waals surface area contributed by atoms with Crippen molar-refractivity contribution in [2.75, 3.05) is 11.4 Å². The van der Waals surface area contributed by atoms with Crippen molar-refractivity contribution in [2.45, 2.75) is 45.1 Å². The van der Waals surface area contributed by atoms with Gasteiger partial charge in [-0.15, -0.1) is 0 Å². The Kier molecular flexibility index (Phi) is 4.47. The minimum absolute atomic E-state index is 0.0980. The van der Waals surface area contributed by atoms with Crippen LogP contribution in [0.15, 0.2) is 53.4 Å². The Bertz CT molecular complexity index is 1190. The molecule has 6 heteroatoms. The molecule has 2 aromatic carbocycles. The molecular formula is C25H24N2O2S2. The minimum atomic E-state index is -0.412. The van der Waals surface area contributed by atoms with E-state index in [2.05, 4.69) is 51.1 Å². The number of amides is 2. The number of carbonyl (C=O) groups excluding carboxylic acids is 2. The first-order valence-corrected chi connectivity index (χ1v) is 11.7. The van der Waals surface area contributed by atoms with Crippen LogP contribution in [0.4, 0.5) is 5.69 Å². The lowest BCUT2D eigenvalue weighted by atomic mass is 9.65. The maximum absolute atomic E-state index is 13.8. The fourth-order valence-electron chi connectivity index (χ4n) is 5.48. The van der Waals surface area contributed by atoms with Gasteiger partial charge in [-0.2, -0.15) is 0 Å². The number of nitrogens with zero attached hydrogens (tertiary/aromatic N) is 2. The number of thiocarbonyl (C=S) groups is 1. The molecule has 5 rings (SSSR count). The fraction of sp³-hybridized carbons (Fsp3) is 0.320. The summed E-state index contributed by atoms with van der Waals surface area (Å²) in [6.07, 6.45) is 0.787. The van der Waals surface area contributed by atoms with E-state index < -0.39 is 5.54 Å². The van der Waals surface area contributed by atoms with Gasteiger partial charge in [-0.3, -0.25) is 14.5 Å². The van der Waals surface area contributed by atoms with Crippen LogP contribution in [0.2, 0.25) is 0 Å². The second-order valence-corrected chi connectivity index (χ2v) is 10.8. The third-order valence-corrected chi connectivity index (χ3v) is 8.18. The Balaban J connectivity index is 1.79. The minimum Gasteiger partial charge on any atom is -0.302 e. The molecule has 0 bridgehead atoms. The third-order valence-electron chi connectivity index (χ3n) is 6.74. The average molecular weight is 449 g/mol. The van der Waals surface area contributed by atoms with Crippen LogP contribution in [-0.4, -0.2) is 33.1 Å². The van der Waals surface area contributed by atoms with Gasteiger partial charge in [-0.1, -0.05) is 79.4 Å². The molecule has 0 aliphatic carbocycles. The number of anilines is 1. The number of benzene rings is 2. The molecule has 0 N–H and O–H groups in total. The molecule has 4 nitrogen and oxygen atoms in total. The van der Waals surface area contributed by atoms with Gasteiger partial charge in [0.15, 0.2) is 0 Å². The maximum atomic E-state index is 13.8. The molecule has 2 amide bonds. The first kappa shape index (κ1) is 20.5. The lowest BCUT2D eigenvalue weighted by molar-refractivity contribution is -0.122. The molecule has 1 fully saturated rings. The Labute approximate surface area is 192 Å². The number of hydrogen-bond donors (Lipinski definition) is 0. The quantitative estimate of drug-likeness (QED) is 0.473. The summed E-state index contributed by atoms with van der Waals surface area (Å²) in [5, 5.41) is 0. The zero-order chi connectivity index (χ0) is 22.1.